The predicted molar refractivity (Wildman–Crippen MR) is 69.9 cm³/mol. The van der Waals surface area contributed by atoms with Gasteiger partial charge in [0.25, 0.3) is 0 Å². The first kappa shape index (κ1) is 12.4. The lowest BCUT2D eigenvalue weighted by Crippen LogP contribution is -2.26. The number of nitrogens with zero attached hydrogens (tertiary/aromatic N) is 1. The summed E-state index contributed by atoms with van der Waals surface area (Å²) in [6, 6.07) is 7.01. The predicted octanol–water partition coefficient (Wildman–Crippen LogP) is 2.65. The minimum atomic E-state index is -0.123. The van der Waals surface area contributed by atoms with Crippen molar-refractivity contribution in [3.8, 4) is 0 Å². The number of para-hydroxylation sites is 1. The molecular weight excluding hydrogens is 215 g/mol. The van der Waals surface area contributed by atoms with Crippen molar-refractivity contribution in [2.75, 3.05) is 31.6 Å². The van der Waals surface area contributed by atoms with Crippen LogP contribution in [0.5, 0.6) is 0 Å². The van der Waals surface area contributed by atoms with Crippen LogP contribution in [0.4, 0.5) is 10.1 Å². The Morgan fingerprint density at radius 3 is 2.94 bits per heavy atom. The molecule has 0 aromatic heterocycles. The highest BCUT2D eigenvalue weighted by Crippen LogP contribution is 2.21. The second-order valence-corrected chi connectivity index (χ2v) is 4.88. The van der Waals surface area contributed by atoms with Crippen molar-refractivity contribution < 1.29 is 4.39 Å². The summed E-state index contributed by atoms with van der Waals surface area (Å²) < 4.78 is 13.6. The van der Waals surface area contributed by atoms with Gasteiger partial charge in [0.15, 0.2) is 0 Å². The Labute approximate surface area is 103 Å². The average molecular weight is 236 g/mol. The van der Waals surface area contributed by atoms with E-state index in [1.807, 2.05) is 24.1 Å². The maximum Gasteiger partial charge on any atom is 0.146 e. The molecule has 0 bridgehead atoms. The molecule has 0 spiro atoms. The zero-order valence-corrected chi connectivity index (χ0v) is 10.5. The van der Waals surface area contributed by atoms with E-state index in [1.54, 1.807) is 6.07 Å². The number of hydrogen-bond acceptors (Lipinski definition) is 2. The van der Waals surface area contributed by atoms with E-state index in [9.17, 15) is 4.39 Å². The molecule has 94 valence electrons. The molecule has 1 aromatic rings. The summed E-state index contributed by atoms with van der Waals surface area (Å²) in [7, 11) is 1.98. The van der Waals surface area contributed by atoms with Gasteiger partial charge in [-0.15, -0.1) is 0 Å². The van der Waals surface area contributed by atoms with Crippen LogP contribution < -0.4 is 10.2 Å². The second kappa shape index (κ2) is 6.01. The first-order valence-corrected chi connectivity index (χ1v) is 6.44. The Kier molecular flexibility index (Phi) is 4.37. The molecule has 1 unspecified atom stereocenters. The third-order valence-electron chi connectivity index (χ3n) is 3.49. The van der Waals surface area contributed by atoms with Crippen molar-refractivity contribution in [3.05, 3.63) is 30.1 Å². The SMILES string of the molecule is CN(CC1CCCNCC1)c1ccccc1F. The fourth-order valence-electron chi connectivity index (χ4n) is 2.52. The molecule has 0 radical (unpaired) electrons. The van der Waals surface area contributed by atoms with Gasteiger partial charge in [0.05, 0.1) is 5.69 Å². The van der Waals surface area contributed by atoms with Gasteiger partial charge in [0, 0.05) is 13.6 Å². The van der Waals surface area contributed by atoms with Crippen LogP contribution in [-0.2, 0) is 0 Å². The van der Waals surface area contributed by atoms with Crippen LogP contribution in [-0.4, -0.2) is 26.7 Å². The number of halogens is 1. The molecule has 1 aliphatic heterocycles. The van der Waals surface area contributed by atoms with Crippen molar-refractivity contribution in [1.82, 2.24) is 5.32 Å². The molecule has 1 heterocycles. The highest BCUT2D eigenvalue weighted by molar-refractivity contribution is 5.46. The highest BCUT2D eigenvalue weighted by atomic mass is 19.1. The van der Waals surface area contributed by atoms with Crippen molar-refractivity contribution in [1.29, 1.82) is 0 Å². The monoisotopic (exact) mass is 236 g/mol. The number of benzene rings is 1. The van der Waals surface area contributed by atoms with Gasteiger partial charge in [-0.1, -0.05) is 12.1 Å². The minimum Gasteiger partial charge on any atom is -0.372 e. The van der Waals surface area contributed by atoms with Crippen LogP contribution in [0, 0.1) is 11.7 Å². The normalized spacial score (nSPS) is 20.9. The standard InChI is InChI=1S/C14H21FN2/c1-17(14-7-3-2-6-13(14)15)11-12-5-4-9-16-10-8-12/h2-3,6-7,12,16H,4-5,8-11H2,1H3. The molecule has 1 saturated heterocycles. The summed E-state index contributed by atoms with van der Waals surface area (Å²) in [6.45, 7) is 3.16. The van der Waals surface area contributed by atoms with Gasteiger partial charge >= 0.3 is 0 Å². The van der Waals surface area contributed by atoms with Crippen LogP contribution in [0.15, 0.2) is 24.3 Å². The summed E-state index contributed by atoms with van der Waals surface area (Å²) >= 11 is 0. The van der Waals surface area contributed by atoms with Crippen LogP contribution in [0.3, 0.4) is 0 Å². The Bertz CT molecular complexity index is 346. The van der Waals surface area contributed by atoms with E-state index in [0.29, 0.717) is 11.6 Å². The number of anilines is 1. The van der Waals surface area contributed by atoms with E-state index in [2.05, 4.69) is 5.32 Å². The van der Waals surface area contributed by atoms with Crippen LogP contribution in [0.2, 0.25) is 0 Å². The molecule has 0 saturated carbocycles. The Balaban J connectivity index is 1.96. The quantitative estimate of drug-likeness (QED) is 0.868. The summed E-state index contributed by atoms with van der Waals surface area (Å²) in [4.78, 5) is 2.05. The summed E-state index contributed by atoms with van der Waals surface area (Å²) in [5.74, 6) is 0.552. The fourth-order valence-corrected chi connectivity index (χ4v) is 2.52. The van der Waals surface area contributed by atoms with Crippen LogP contribution >= 0.6 is 0 Å². The molecule has 0 amide bonds. The van der Waals surface area contributed by atoms with Gasteiger partial charge in [0.1, 0.15) is 5.82 Å². The molecule has 17 heavy (non-hydrogen) atoms. The topological polar surface area (TPSA) is 15.3 Å². The molecule has 1 atom stereocenters. The summed E-state index contributed by atoms with van der Waals surface area (Å²) in [5.41, 5.74) is 0.713. The van der Waals surface area contributed by atoms with Crippen molar-refractivity contribution in [3.63, 3.8) is 0 Å². The number of hydrogen-bond donors (Lipinski definition) is 1. The number of rotatable bonds is 3. The minimum absolute atomic E-state index is 0.123. The summed E-state index contributed by atoms with van der Waals surface area (Å²) in [6.07, 6.45) is 3.67. The third-order valence-corrected chi connectivity index (χ3v) is 3.49. The summed E-state index contributed by atoms with van der Waals surface area (Å²) in [5, 5.41) is 3.41. The molecular formula is C14H21FN2. The van der Waals surface area contributed by atoms with Gasteiger partial charge in [-0.05, 0) is 50.4 Å². The van der Waals surface area contributed by atoms with Gasteiger partial charge in [-0.25, -0.2) is 4.39 Å². The van der Waals surface area contributed by atoms with Crippen molar-refractivity contribution in [2.45, 2.75) is 19.3 Å². The molecule has 2 nitrogen and oxygen atoms in total. The van der Waals surface area contributed by atoms with Crippen molar-refractivity contribution >= 4 is 5.69 Å². The number of nitrogens with one attached hydrogen (secondary N) is 1. The molecule has 1 aliphatic rings. The third kappa shape index (κ3) is 3.43. The molecule has 0 aliphatic carbocycles. The van der Waals surface area contributed by atoms with E-state index in [4.69, 9.17) is 0 Å². The Morgan fingerprint density at radius 1 is 1.29 bits per heavy atom. The molecule has 1 N–H and O–H groups in total. The fraction of sp³-hybridized carbons (Fsp3) is 0.571. The first-order chi connectivity index (χ1) is 8.27. The molecule has 3 heteroatoms. The van der Waals surface area contributed by atoms with E-state index in [0.717, 1.165) is 19.6 Å². The Hall–Kier alpha value is -1.09. The maximum absolute atomic E-state index is 13.6. The van der Waals surface area contributed by atoms with E-state index >= 15 is 0 Å². The van der Waals surface area contributed by atoms with E-state index in [1.165, 1.54) is 25.3 Å². The Morgan fingerprint density at radius 2 is 2.12 bits per heavy atom. The molecule has 1 fully saturated rings. The van der Waals surface area contributed by atoms with Gasteiger partial charge in [0.2, 0.25) is 0 Å². The maximum atomic E-state index is 13.6. The molecule has 2 rings (SSSR count). The van der Waals surface area contributed by atoms with E-state index < -0.39 is 0 Å². The zero-order valence-electron chi connectivity index (χ0n) is 10.5. The van der Waals surface area contributed by atoms with E-state index in [-0.39, 0.29) is 5.82 Å². The van der Waals surface area contributed by atoms with Crippen molar-refractivity contribution in [2.24, 2.45) is 5.92 Å². The van der Waals surface area contributed by atoms with Crippen LogP contribution in [0.1, 0.15) is 19.3 Å². The van der Waals surface area contributed by atoms with Gasteiger partial charge < -0.3 is 10.2 Å². The second-order valence-electron chi connectivity index (χ2n) is 4.88. The smallest absolute Gasteiger partial charge is 0.146 e. The zero-order chi connectivity index (χ0) is 12.1. The lowest BCUT2D eigenvalue weighted by molar-refractivity contribution is 0.471. The molecule has 1 aromatic carbocycles. The van der Waals surface area contributed by atoms with Gasteiger partial charge in [-0.3, -0.25) is 0 Å². The lowest BCUT2D eigenvalue weighted by atomic mass is 10.00. The largest absolute Gasteiger partial charge is 0.372 e. The average Bonchev–Trinajstić information content (AvgIpc) is 2.58. The highest BCUT2D eigenvalue weighted by Gasteiger charge is 2.15. The first-order valence-electron chi connectivity index (χ1n) is 6.44. The van der Waals surface area contributed by atoms with Gasteiger partial charge in [-0.2, -0.15) is 0 Å². The lowest BCUT2D eigenvalue weighted by Gasteiger charge is -2.25. The van der Waals surface area contributed by atoms with Crippen LogP contribution in [0.25, 0.3) is 0 Å².